The van der Waals surface area contributed by atoms with Crippen molar-refractivity contribution in [2.45, 2.75) is 17.1 Å². The zero-order valence-corrected chi connectivity index (χ0v) is 19.0. The normalized spacial score (nSPS) is 10.7. The zero-order valence-electron chi connectivity index (χ0n) is 18.1. The van der Waals surface area contributed by atoms with E-state index in [9.17, 15) is 0 Å². The fourth-order valence-electron chi connectivity index (χ4n) is 3.13. The van der Waals surface area contributed by atoms with Gasteiger partial charge in [-0.1, -0.05) is 18.2 Å². The molecular weight excluding hydrogens is 448 g/mol. The van der Waals surface area contributed by atoms with Crippen LogP contribution in [-0.4, -0.2) is 30.1 Å². The minimum atomic E-state index is 0.315. The lowest BCUT2D eigenvalue weighted by molar-refractivity contribution is 0.456. The molecule has 0 saturated carbocycles. The number of aromatic nitrogens is 6. The molecular formula is C24H20N8OS. The highest BCUT2D eigenvalue weighted by Gasteiger charge is 2.10. The number of ether oxygens (including phenoxy) is 1. The van der Waals surface area contributed by atoms with Gasteiger partial charge in [0, 0.05) is 23.5 Å². The largest absolute Gasteiger partial charge is 0.439 e. The van der Waals surface area contributed by atoms with E-state index in [1.165, 1.54) is 11.8 Å². The molecule has 34 heavy (non-hydrogen) atoms. The second-order valence-corrected chi connectivity index (χ2v) is 8.31. The predicted molar refractivity (Wildman–Crippen MR) is 131 cm³/mol. The Morgan fingerprint density at radius 2 is 1.82 bits per heavy atom. The van der Waals surface area contributed by atoms with Gasteiger partial charge in [-0.25, -0.2) is 9.97 Å². The van der Waals surface area contributed by atoms with Crippen LogP contribution in [0.15, 0.2) is 89.2 Å². The van der Waals surface area contributed by atoms with Crippen molar-refractivity contribution in [3.05, 3.63) is 84.6 Å². The van der Waals surface area contributed by atoms with E-state index in [2.05, 4.69) is 35.5 Å². The van der Waals surface area contributed by atoms with E-state index in [1.807, 2.05) is 73.7 Å². The summed E-state index contributed by atoms with van der Waals surface area (Å²) in [5.74, 6) is 2.48. The average molecular weight is 469 g/mol. The van der Waals surface area contributed by atoms with E-state index in [4.69, 9.17) is 10.5 Å². The fraction of sp³-hybridized carbons (Fsp3) is 0.0417. The Morgan fingerprint density at radius 1 is 0.941 bits per heavy atom. The summed E-state index contributed by atoms with van der Waals surface area (Å²) in [5, 5.41) is 12.9. The number of hydrogen-bond donors (Lipinski definition) is 3. The fourth-order valence-corrected chi connectivity index (χ4v) is 3.86. The SMILES string of the molecule is Cc1cccc(Nc2nnc(-c3ccc(Oc4cc(N)nc(Sc5ccccn5)n4)cc3)[nH]2)c1. The molecule has 0 aliphatic carbocycles. The van der Waals surface area contributed by atoms with E-state index in [0.717, 1.165) is 21.8 Å². The van der Waals surface area contributed by atoms with Crippen LogP contribution in [0.2, 0.25) is 0 Å². The first-order valence-corrected chi connectivity index (χ1v) is 11.2. The molecule has 168 valence electrons. The Balaban J connectivity index is 1.27. The first-order chi connectivity index (χ1) is 16.6. The molecule has 0 saturated heterocycles. The van der Waals surface area contributed by atoms with Gasteiger partial charge >= 0.3 is 0 Å². The molecule has 3 heterocycles. The number of nitrogens with two attached hydrogens (primary N) is 1. The van der Waals surface area contributed by atoms with Crippen LogP contribution in [0.25, 0.3) is 11.4 Å². The number of anilines is 3. The van der Waals surface area contributed by atoms with Crippen LogP contribution < -0.4 is 15.8 Å². The van der Waals surface area contributed by atoms with Gasteiger partial charge in [0.25, 0.3) is 0 Å². The maximum absolute atomic E-state index is 5.94. The van der Waals surface area contributed by atoms with E-state index in [1.54, 1.807) is 12.3 Å². The van der Waals surface area contributed by atoms with Crippen LogP contribution in [0.3, 0.4) is 0 Å². The highest BCUT2D eigenvalue weighted by Crippen LogP contribution is 2.28. The smallest absolute Gasteiger partial charge is 0.226 e. The van der Waals surface area contributed by atoms with Crippen LogP contribution in [0.5, 0.6) is 11.6 Å². The predicted octanol–water partition coefficient (Wildman–Crippen LogP) is 5.23. The number of rotatable bonds is 7. The molecule has 9 nitrogen and oxygen atoms in total. The average Bonchev–Trinajstić information content (AvgIpc) is 3.28. The number of nitrogens with one attached hydrogen (secondary N) is 2. The summed E-state index contributed by atoms with van der Waals surface area (Å²) in [4.78, 5) is 16.1. The van der Waals surface area contributed by atoms with Crippen LogP contribution >= 0.6 is 11.8 Å². The third-order valence-electron chi connectivity index (χ3n) is 4.65. The molecule has 2 aromatic carbocycles. The van der Waals surface area contributed by atoms with Crippen molar-refractivity contribution in [3.8, 4) is 23.0 Å². The van der Waals surface area contributed by atoms with E-state index < -0.39 is 0 Å². The summed E-state index contributed by atoms with van der Waals surface area (Å²) < 4.78 is 5.90. The highest BCUT2D eigenvalue weighted by molar-refractivity contribution is 7.99. The second kappa shape index (κ2) is 9.59. The molecule has 5 aromatic rings. The van der Waals surface area contributed by atoms with Crippen molar-refractivity contribution in [1.29, 1.82) is 0 Å². The van der Waals surface area contributed by atoms with E-state index in [-0.39, 0.29) is 0 Å². The quantitative estimate of drug-likeness (QED) is 0.275. The number of nitrogen functional groups attached to an aromatic ring is 1. The van der Waals surface area contributed by atoms with Crippen molar-refractivity contribution in [1.82, 2.24) is 30.1 Å². The van der Waals surface area contributed by atoms with Gasteiger partial charge in [-0.15, -0.1) is 10.2 Å². The van der Waals surface area contributed by atoms with Gasteiger partial charge in [0.1, 0.15) is 16.6 Å². The minimum Gasteiger partial charge on any atom is -0.439 e. The van der Waals surface area contributed by atoms with Gasteiger partial charge in [-0.05, 0) is 72.8 Å². The molecule has 0 aliphatic heterocycles. The lowest BCUT2D eigenvalue weighted by atomic mass is 10.2. The number of benzene rings is 2. The number of hydrogen-bond acceptors (Lipinski definition) is 9. The minimum absolute atomic E-state index is 0.315. The summed E-state index contributed by atoms with van der Waals surface area (Å²) >= 11 is 1.31. The summed E-state index contributed by atoms with van der Waals surface area (Å²) in [6, 6.07) is 22.7. The molecule has 0 bridgehead atoms. The number of H-pyrrole nitrogens is 1. The van der Waals surface area contributed by atoms with E-state index in [0.29, 0.717) is 34.4 Å². The second-order valence-electron chi connectivity index (χ2n) is 7.33. The molecule has 0 aliphatic rings. The highest BCUT2D eigenvalue weighted by atomic mass is 32.2. The van der Waals surface area contributed by atoms with Crippen molar-refractivity contribution in [2.75, 3.05) is 11.1 Å². The Morgan fingerprint density at radius 3 is 2.62 bits per heavy atom. The summed E-state index contributed by atoms with van der Waals surface area (Å²) in [5.41, 5.74) is 8.91. The van der Waals surface area contributed by atoms with Gasteiger partial charge in [-0.3, -0.25) is 0 Å². The van der Waals surface area contributed by atoms with Crippen LogP contribution in [0.1, 0.15) is 5.56 Å². The maximum Gasteiger partial charge on any atom is 0.226 e. The zero-order chi connectivity index (χ0) is 23.3. The summed E-state index contributed by atoms with van der Waals surface area (Å²) in [6.45, 7) is 2.04. The van der Waals surface area contributed by atoms with Crippen LogP contribution in [-0.2, 0) is 0 Å². The van der Waals surface area contributed by atoms with Gasteiger partial charge in [0.2, 0.25) is 11.8 Å². The lowest BCUT2D eigenvalue weighted by Gasteiger charge is -2.07. The van der Waals surface area contributed by atoms with Gasteiger partial charge in [0.15, 0.2) is 11.0 Å². The molecule has 0 amide bonds. The molecule has 3 aromatic heterocycles. The molecule has 0 fully saturated rings. The lowest BCUT2D eigenvalue weighted by Crippen LogP contribution is -1.98. The molecule has 5 rings (SSSR count). The standard InChI is InChI=1S/C24H20N8OS/c1-15-5-4-6-17(13-15)27-23-30-22(31-32-23)16-8-10-18(11-9-16)33-20-14-19(25)28-24(29-20)34-21-7-2-3-12-26-21/h2-14H,1H3,(H2,25,28,29)(H2,27,30,31,32). The van der Waals surface area contributed by atoms with Gasteiger partial charge in [-0.2, -0.15) is 4.98 Å². The first-order valence-electron chi connectivity index (χ1n) is 10.4. The van der Waals surface area contributed by atoms with E-state index >= 15 is 0 Å². The first kappa shape index (κ1) is 21.4. The van der Waals surface area contributed by atoms with Crippen molar-refractivity contribution < 1.29 is 4.74 Å². The third-order valence-corrected chi connectivity index (χ3v) is 5.47. The molecule has 0 atom stereocenters. The molecule has 0 unspecified atom stereocenters. The topological polar surface area (TPSA) is 128 Å². The number of aromatic amines is 1. The molecule has 4 N–H and O–H groups in total. The molecule has 10 heteroatoms. The van der Waals surface area contributed by atoms with Gasteiger partial charge in [0.05, 0.1) is 0 Å². The van der Waals surface area contributed by atoms with Crippen LogP contribution in [0.4, 0.5) is 17.5 Å². The van der Waals surface area contributed by atoms with Crippen LogP contribution in [0, 0.1) is 6.92 Å². The monoisotopic (exact) mass is 468 g/mol. The Labute approximate surface area is 199 Å². The summed E-state index contributed by atoms with van der Waals surface area (Å²) in [7, 11) is 0. The van der Waals surface area contributed by atoms with Crippen molar-refractivity contribution in [3.63, 3.8) is 0 Å². The Hall–Kier alpha value is -4.44. The Bertz CT molecular complexity index is 1410. The summed E-state index contributed by atoms with van der Waals surface area (Å²) in [6.07, 6.45) is 1.71. The number of aryl methyl sites for hydroxylation is 1. The third kappa shape index (κ3) is 5.30. The number of nitrogens with zero attached hydrogens (tertiary/aromatic N) is 5. The number of pyridine rings is 1. The maximum atomic E-state index is 5.94. The Kier molecular flexibility index (Phi) is 6.04. The van der Waals surface area contributed by atoms with Gasteiger partial charge < -0.3 is 20.8 Å². The van der Waals surface area contributed by atoms with Crippen molar-refractivity contribution in [2.24, 2.45) is 0 Å². The van der Waals surface area contributed by atoms with Crippen molar-refractivity contribution >= 4 is 29.2 Å². The molecule has 0 spiro atoms. The molecule has 0 radical (unpaired) electrons.